The van der Waals surface area contributed by atoms with Crippen LogP contribution in [0.5, 0.6) is 0 Å². The van der Waals surface area contributed by atoms with Gasteiger partial charge in [-0.1, -0.05) is 6.92 Å². The molecule has 4 heteroatoms. The molecule has 0 amide bonds. The Morgan fingerprint density at radius 3 is 2.44 bits per heavy atom. The van der Waals surface area contributed by atoms with Crippen molar-refractivity contribution >= 4 is 50.5 Å². The minimum Gasteiger partial charge on any atom is -0.197 e. The SMILES string of the molecule is CCC(S)SCCS.S. The highest BCUT2D eigenvalue weighted by molar-refractivity contribution is 8.10. The third kappa shape index (κ3) is 9.40. The van der Waals surface area contributed by atoms with Crippen LogP contribution in [0.2, 0.25) is 0 Å². The number of hydrogen-bond acceptors (Lipinski definition) is 3. The number of hydrogen-bond donors (Lipinski definition) is 2. The highest BCUT2D eigenvalue weighted by atomic mass is 32.2. The van der Waals surface area contributed by atoms with E-state index in [0.717, 1.165) is 17.9 Å². The Balaban J connectivity index is 0. The normalized spacial score (nSPS) is 12.3. The molecule has 0 radical (unpaired) electrons. The summed E-state index contributed by atoms with van der Waals surface area (Å²) >= 11 is 10.2. The third-order valence-corrected chi connectivity index (χ3v) is 3.25. The molecule has 0 bridgehead atoms. The van der Waals surface area contributed by atoms with Gasteiger partial charge in [0, 0.05) is 10.3 Å². The molecule has 1 unspecified atom stereocenters. The molecule has 1 atom stereocenters. The van der Waals surface area contributed by atoms with Crippen molar-refractivity contribution in [3.63, 3.8) is 0 Å². The number of thiol groups is 2. The molecule has 0 aromatic carbocycles. The molecular formula is C5H14S4. The first-order chi connectivity index (χ1) is 3.81. The van der Waals surface area contributed by atoms with Crippen LogP contribution in [0.1, 0.15) is 13.3 Å². The van der Waals surface area contributed by atoms with E-state index in [1.807, 2.05) is 11.8 Å². The van der Waals surface area contributed by atoms with Crippen LogP contribution in [0, 0.1) is 0 Å². The minimum absolute atomic E-state index is 0. The third-order valence-electron chi connectivity index (χ3n) is 0.751. The van der Waals surface area contributed by atoms with Crippen molar-refractivity contribution < 1.29 is 0 Å². The summed E-state index contributed by atoms with van der Waals surface area (Å²) < 4.78 is 0.516. The van der Waals surface area contributed by atoms with Crippen molar-refractivity contribution in [2.75, 3.05) is 11.5 Å². The van der Waals surface area contributed by atoms with Gasteiger partial charge in [-0.15, -0.1) is 11.8 Å². The van der Waals surface area contributed by atoms with Gasteiger partial charge in [0.1, 0.15) is 0 Å². The molecular weight excluding hydrogens is 188 g/mol. The van der Waals surface area contributed by atoms with Gasteiger partial charge < -0.3 is 0 Å². The maximum atomic E-state index is 4.29. The first-order valence-corrected chi connectivity index (χ1v) is 4.91. The summed E-state index contributed by atoms with van der Waals surface area (Å²) in [5, 5.41) is 0. The zero-order valence-corrected chi connectivity index (χ0v) is 9.11. The fraction of sp³-hybridized carbons (Fsp3) is 1.00. The Bertz CT molecular complexity index is 48.2. The van der Waals surface area contributed by atoms with Gasteiger partial charge in [0.05, 0.1) is 0 Å². The molecule has 0 saturated heterocycles. The van der Waals surface area contributed by atoms with Crippen LogP contribution in [0.15, 0.2) is 0 Å². The summed E-state index contributed by atoms with van der Waals surface area (Å²) in [5.74, 6) is 2.08. The topological polar surface area (TPSA) is 0 Å². The average Bonchev–Trinajstić information content (AvgIpc) is 1.83. The summed E-state index contributed by atoms with van der Waals surface area (Å²) in [6.07, 6.45) is 1.14. The molecule has 0 spiro atoms. The second-order valence-corrected chi connectivity index (χ2v) is 4.19. The summed E-state index contributed by atoms with van der Waals surface area (Å²) in [4.78, 5) is 0. The van der Waals surface area contributed by atoms with E-state index in [2.05, 4.69) is 32.2 Å². The van der Waals surface area contributed by atoms with E-state index in [1.165, 1.54) is 0 Å². The lowest BCUT2D eigenvalue weighted by Gasteiger charge is -2.03. The molecule has 0 aliphatic carbocycles. The molecule has 0 saturated carbocycles. The van der Waals surface area contributed by atoms with E-state index in [9.17, 15) is 0 Å². The lowest BCUT2D eigenvalue weighted by atomic mass is 10.6. The fourth-order valence-electron chi connectivity index (χ4n) is 0.307. The first-order valence-electron chi connectivity index (χ1n) is 2.71. The van der Waals surface area contributed by atoms with Gasteiger partial charge in [-0.05, 0) is 12.2 Å². The Labute approximate surface area is 79.8 Å². The van der Waals surface area contributed by atoms with E-state index >= 15 is 0 Å². The minimum atomic E-state index is 0. The molecule has 0 aromatic rings. The van der Waals surface area contributed by atoms with Crippen LogP contribution >= 0.6 is 50.5 Å². The van der Waals surface area contributed by atoms with Crippen LogP contribution < -0.4 is 0 Å². The van der Waals surface area contributed by atoms with Crippen molar-refractivity contribution in [3.8, 4) is 0 Å². The van der Waals surface area contributed by atoms with Crippen molar-refractivity contribution in [1.29, 1.82) is 0 Å². The van der Waals surface area contributed by atoms with Crippen LogP contribution in [0.3, 0.4) is 0 Å². The van der Waals surface area contributed by atoms with Gasteiger partial charge in [-0.2, -0.15) is 38.8 Å². The molecule has 0 nitrogen and oxygen atoms in total. The molecule has 0 heterocycles. The van der Waals surface area contributed by atoms with Gasteiger partial charge in [-0.3, -0.25) is 0 Å². The van der Waals surface area contributed by atoms with Crippen LogP contribution in [-0.4, -0.2) is 16.1 Å². The average molecular weight is 202 g/mol. The maximum Gasteiger partial charge on any atom is 0.0470 e. The fourth-order valence-corrected chi connectivity index (χ4v) is 1.55. The van der Waals surface area contributed by atoms with Crippen LogP contribution in [0.4, 0.5) is 0 Å². The zero-order valence-electron chi connectivity index (χ0n) is 5.50. The van der Waals surface area contributed by atoms with Crippen molar-refractivity contribution in [1.82, 2.24) is 0 Å². The van der Waals surface area contributed by atoms with Gasteiger partial charge in [0.15, 0.2) is 0 Å². The molecule has 0 aliphatic rings. The Morgan fingerprint density at radius 1 is 1.56 bits per heavy atom. The maximum absolute atomic E-state index is 4.29. The summed E-state index contributed by atoms with van der Waals surface area (Å²) in [5.41, 5.74) is 0. The zero-order chi connectivity index (χ0) is 6.41. The van der Waals surface area contributed by atoms with E-state index in [4.69, 9.17) is 0 Å². The smallest absolute Gasteiger partial charge is 0.0470 e. The highest BCUT2D eigenvalue weighted by Gasteiger charge is 1.96. The largest absolute Gasteiger partial charge is 0.197 e. The summed E-state index contributed by atoms with van der Waals surface area (Å²) in [7, 11) is 0. The van der Waals surface area contributed by atoms with E-state index in [0.29, 0.717) is 4.58 Å². The van der Waals surface area contributed by atoms with Crippen LogP contribution in [0.25, 0.3) is 0 Å². The van der Waals surface area contributed by atoms with Crippen LogP contribution in [-0.2, 0) is 0 Å². The van der Waals surface area contributed by atoms with Crippen molar-refractivity contribution in [3.05, 3.63) is 0 Å². The Morgan fingerprint density at radius 2 is 2.11 bits per heavy atom. The quantitative estimate of drug-likeness (QED) is 0.521. The van der Waals surface area contributed by atoms with Gasteiger partial charge >= 0.3 is 0 Å². The molecule has 0 aliphatic heterocycles. The Kier molecular flexibility index (Phi) is 13.6. The van der Waals surface area contributed by atoms with E-state index in [1.54, 1.807) is 0 Å². The lowest BCUT2D eigenvalue weighted by molar-refractivity contribution is 1.06. The summed E-state index contributed by atoms with van der Waals surface area (Å²) in [6, 6.07) is 0. The molecule has 0 fully saturated rings. The number of rotatable bonds is 4. The molecule has 0 rings (SSSR count). The summed E-state index contributed by atoms with van der Waals surface area (Å²) in [6.45, 7) is 2.14. The second-order valence-electron chi connectivity index (χ2n) is 1.46. The lowest BCUT2D eigenvalue weighted by Crippen LogP contribution is -1.91. The second kappa shape index (κ2) is 9.40. The van der Waals surface area contributed by atoms with Gasteiger partial charge in [0.2, 0.25) is 0 Å². The molecule has 0 aromatic heterocycles. The van der Waals surface area contributed by atoms with Crippen molar-refractivity contribution in [2.45, 2.75) is 17.9 Å². The Hall–Kier alpha value is 1.40. The standard InChI is InChI=1S/C5H12S3.H2S/c1-2-5(7)8-4-3-6;/h5-7H,2-4H2,1H3;1H2. The number of thioether (sulfide) groups is 1. The van der Waals surface area contributed by atoms with Crippen molar-refractivity contribution in [2.24, 2.45) is 0 Å². The molecule has 9 heavy (non-hydrogen) atoms. The highest BCUT2D eigenvalue weighted by Crippen LogP contribution is 2.17. The van der Waals surface area contributed by atoms with Gasteiger partial charge in [0.25, 0.3) is 0 Å². The predicted molar refractivity (Wildman–Crippen MR) is 59.8 cm³/mol. The monoisotopic (exact) mass is 202 g/mol. The predicted octanol–water partition coefficient (Wildman–Crippen LogP) is 2.43. The van der Waals surface area contributed by atoms with E-state index in [-0.39, 0.29) is 13.5 Å². The molecule has 0 N–H and O–H groups in total. The van der Waals surface area contributed by atoms with E-state index < -0.39 is 0 Å². The molecule has 58 valence electrons. The first kappa shape index (κ1) is 13.0. The van der Waals surface area contributed by atoms with Gasteiger partial charge in [-0.25, -0.2) is 0 Å².